The van der Waals surface area contributed by atoms with Crippen LogP contribution in [0.25, 0.3) is 0 Å². The van der Waals surface area contributed by atoms with Gasteiger partial charge in [0.1, 0.15) is 0 Å². The van der Waals surface area contributed by atoms with Gasteiger partial charge in [-0.2, -0.15) is 0 Å². The van der Waals surface area contributed by atoms with Crippen LogP contribution in [0.3, 0.4) is 0 Å². The smallest absolute Gasteiger partial charge is 0.162 e. The summed E-state index contributed by atoms with van der Waals surface area (Å²) in [6.07, 6.45) is 3.55. The topological polar surface area (TPSA) is 18.5 Å². The Bertz CT molecular complexity index is 341. The maximum Gasteiger partial charge on any atom is 0.162 e. The van der Waals surface area contributed by atoms with Crippen LogP contribution in [0.5, 0.6) is 11.5 Å². The van der Waals surface area contributed by atoms with Crippen LogP contribution in [0.2, 0.25) is 0 Å². The van der Waals surface area contributed by atoms with E-state index in [9.17, 15) is 0 Å². The normalized spacial score (nSPS) is 18.1. The molecule has 82 valence electrons. The number of methoxy groups -OCH3 is 2. The third-order valence-corrected chi connectivity index (χ3v) is 7.82. The van der Waals surface area contributed by atoms with Gasteiger partial charge in [0.15, 0.2) is 16.8 Å². The number of hydrogen-bond acceptors (Lipinski definition) is 3. The van der Waals surface area contributed by atoms with Gasteiger partial charge in [0.2, 0.25) is 0 Å². The van der Waals surface area contributed by atoms with E-state index in [-0.39, 0.29) is 0 Å². The highest BCUT2D eigenvalue weighted by Crippen LogP contribution is 2.66. The third kappa shape index (κ3) is 1.83. The molecular formula is C11H15O2PS. The van der Waals surface area contributed by atoms with Gasteiger partial charge < -0.3 is 21.7 Å². The second kappa shape index (κ2) is 4.23. The quantitative estimate of drug-likeness (QED) is 0.598. The van der Waals surface area contributed by atoms with Crippen LogP contribution in [0, 0.1) is 0 Å². The van der Waals surface area contributed by atoms with Crippen molar-refractivity contribution in [3.63, 3.8) is 0 Å². The van der Waals surface area contributed by atoms with E-state index in [1.165, 1.54) is 6.42 Å². The van der Waals surface area contributed by atoms with Gasteiger partial charge in [0.05, 0.1) is 14.2 Å². The van der Waals surface area contributed by atoms with Crippen molar-refractivity contribution in [2.75, 3.05) is 26.5 Å². The van der Waals surface area contributed by atoms with E-state index >= 15 is 0 Å². The average molecular weight is 242 g/mol. The Morgan fingerprint density at radius 2 is 1.67 bits per heavy atom. The molecule has 0 atom stereocenters. The minimum absolute atomic E-state index is 0.900. The molecule has 1 heterocycles. The maximum atomic E-state index is 5.76. The predicted molar refractivity (Wildman–Crippen MR) is 67.8 cm³/mol. The highest BCUT2D eigenvalue weighted by molar-refractivity contribution is 8.46. The molecule has 15 heavy (non-hydrogen) atoms. The molecule has 0 unspecified atom stereocenters. The lowest BCUT2D eigenvalue weighted by molar-refractivity contribution is 0.400. The van der Waals surface area contributed by atoms with E-state index in [1.807, 2.05) is 18.2 Å². The molecule has 1 aromatic rings. The van der Waals surface area contributed by atoms with E-state index in [1.54, 1.807) is 14.2 Å². The summed E-state index contributed by atoms with van der Waals surface area (Å²) in [6.45, 7) is -1.37. The van der Waals surface area contributed by atoms with Crippen molar-refractivity contribution in [1.29, 1.82) is 0 Å². The van der Waals surface area contributed by atoms with Crippen LogP contribution in [-0.2, 0) is 12.2 Å². The van der Waals surface area contributed by atoms with Crippen molar-refractivity contribution in [3.8, 4) is 11.5 Å². The standard InChI is InChI=1S/C11H15O2PS/c1-12-9-5-3-6-10(13-2)11(9)14(15)7-4-8-14/h3,5-6H,4,7-8H2,1-2H3. The average Bonchev–Trinajstić information content (AvgIpc) is 2.24. The Labute approximate surface area is 96.5 Å². The SMILES string of the molecule is COc1cccc(OC)c1[P+]1([S-])CCC1. The minimum atomic E-state index is -1.37. The highest BCUT2D eigenvalue weighted by atomic mass is 32.7. The molecule has 4 heteroatoms. The molecule has 1 saturated heterocycles. The van der Waals surface area contributed by atoms with Gasteiger partial charge in [0.25, 0.3) is 0 Å². The zero-order valence-electron chi connectivity index (χ0n) is 9.03. The largest absolute Gasteiger partial charge is 0.551 e. The molecule has 1 aliphatic heterocycles. The van der Waals surface area contributed by atoms with Crippen molar-refractivity contribution in [2.24, 2.45) is 0 Å². The molecule has 0 bridgehead atoms. The fourth-order valence-corrected chi connectivity index (χ4v) is 5.69. The van der Waals surface area contributed by atoms with Crippen molar-refractivity contribution in [2.45, 2.75) is 6.42 Å². The van der Waals surface area contributed by atoms with E-state index in [4.69, 9.17) is 21.7 Å². The molecular weight excluding hydrogens is 227 g/mol. The Hall–Kier alpha value is -0.400. The second-order valence-electron chi connectivity index (χ2n) is 3.70. The number of benzene rings is 1. The lowest BCUT2D eigenvalue weighted by Gasteiger charge is -2.41. The molecule has 0 aromatic heterocycles. The number of hydrogen-bond donors (Lipinski definition) is 0. The van der Waals surface area contributed by atoms with Gasteiger partial charge >= 0.3 is 0 Å². The summed E-state index contributed by atoms with van der Waals surface area (Å²) < 4.78 is 10.8. The van der Waals surface area contributed by atoms with E-state index < -0.39 is 6.46 Å². The van der Waals surface area contributed by atoms with Gasteiger partial charge in [0, 0.05) is 18.7 Å². The van der Waals surface area contributed by atoms with Crippen LogP contribution >= 0.6 is 6.46 Å². The molecule has 0 N–H and O–H groups in total. The summed E-state index contributed by atoms with van der Waals surface area (Å²) in [5, 5.41) is 1.16. The zero-order chi connectivity index (χ0) is 10.9. The Morgan fingerprint density at radius 3 is 2.00 bits per heavy atom. The summed E-state index contributed by atoms with van der Waals surface area (Å²) >= 11 is 5.76. The zero-order valence-corrected chi connectivity index (χ0v) is 10.7. The third-order valence-electron chi connectivity index (χ3n) is 2.85. The van der Waals surface area contributed by atoms with Gasteiger partial charge in [-0.1, -0.05) is 12.5 Å². The molecule has 1 aliphatic rings. The predicted octanol–water partition coefficient (Wildman–Crippen LogP) is 2.21. The lowest BCUT2D eigenvalue weighted by Crippen LogP contribution is -2.26. The molecule has 0 radical (unpaired) electrons. The van der Waals surface area contributed by atoms with E-state index in [0.717, 1.165) is 29.1 Å². The summed E-state index contributed by atoms with van der Waals surface area (Å²) in [7, 11) is 3.39. The first-order chi connectivity index (χ1) is 7.21. The molecule has 0 aliphatic carbocycles. The number of ether oxygens (including phenoxy) is 2. The molecule has 2 nitrogen and oxygen atoms in total. The molecule has 0 saturated carbocycles. The van der Waals surface area contributed by atoms with E-state index in [2.05, 4.69) is 0 Å². The monoisotopic (exact) mass is 242 g/mol. The van der Waals surface area contributed by atoms with E-state index in [0.29, 0.717) is 0 Å². The summed E-state index contributed by atoms with van der Waals surface area (Å²) in [5.41, 5.74) is 0. The number of rotatable bonds is 3. The van der Waals surface area contributed by atoms with Gasteiger partial charge in [-0.05, 0) is 12.1 Å². The Morgan fingerprint density at radius 1 is 1.13 bits per heavy atom. The van der Waals surface area contributed by atoms with Crippen LogP contribution in [0.1, 0.15) is 6.42 Å². The molecule has 0 amide bonds. The van der Waals surface area contributed by atoms with Gasteiger partial charge in [-0.3, -0.25) is 0 Å². The molecule has 1 aromatic carbocycles. The summed E-state index contributed by atoms with van der Waals surface area (Å²) in [5.74, 6) is 1.80. The molecule has 0 spiro atoms. The fourth-order valence-electron chi connectivity index (χ4n) is 1.90. The van der Waals surface area contributed by atoms with Crippen molar-refractivity contribution in [1.82, 2.24) is 0 Å². The van der Waals surface area contributed by atoms with Crippen molar-refractivity contribution in [3.05, 3.63) is 18.2 Å². The lowest BCUT2D eigenvalue weighted by atomic mass is 10.3. The Kier molecular flexibility index (Phi) is 3.13. The van der Waals surface area contributed by atoms with Gasteiger partial charge in [-0.25, -0.2) is 0 Å². The first-order valence-corrected chi connectivity index (χ1v) is 8.18. The first kappa shape index (κ1) is 11.1. The van der Waals surface area contributed by atoms with Crippen LogP contribution in [0.4, 0.5) is 0 Å². The van der Waals surface area contributed by atoms with Gasteiger partial charge in [-0.15, -0.1) is 0 Å². The fraction of sp³-hybridized carbons (Fsp3) is 0.455. The van der Waals surface area contributed by atoms with Crippen molar-refractivity contribution < 1.29 is 9.47 Å². The first-order valence-electron chi connectivity index (χ1n) is 5.01. The van der Waals surface area contributed by atoms with Crippen molar-refractivity contribution >= 4 is 24.0 Å². The van der Waals surface area contributed by atoms with Crippen LogP contribution in [-0.4, -0.2) is 26.5 Å². The highest BCUT2D eigenvalue weighted by Gasteiger charge is 2.39. The maximum absolute atomic E-state index is 5.76. The van der Waals surface area contributed by atoms with Crippen LogP contribution < -0.4 is 14.8 Å². The summed E-state index contributed by atoms with van der Waals surface area (Å²) in [6, 6.07) is 5.90. The molecule has 1 fully saturated rings. The Balaban J connectivity index is 2.50. The second-order valence-corrected chi connectivity index (χ2v) is 8.92. The molecule has 2 rings (SSSR count). The minimum Gasteiger partial charge on any atom is -0.551 e. The van der Waals surface area contributed by atoms with Crippen LogP contribution in [0.15, 0.2) is 18.2 Å². The summed E-state index contributed by atoms with van der Waals surface area (Å²) in [4.78, 5) is 0.